The first-order chi connectivity index (χ1) is 18.6. The molecule has 2 amide bonds. The van der Waals surface area contributed by atoms with Gasteiger partial charge in [-0.15, -0.1) is 0 Å². The zero-order chi connectivity index (χ0) is 28.6. The van der Waals surface area contributed by atoms with Crippen molar-refractivity contribution in [1.29, 1.82) is 0 Å². The number of halogens is 2. The lowest BCUT2D eigenvalue weighted by atomic mass is 10.1. The van der Waals surface area contributed by atoms with Crippen LogP contribution >= 0.6 is 23.2 Å². The number of amides is 2. The summed E-state index contributed by atoms with van der Waals surface area (Å²) in [5.74, 6) is -0.819. The minimum atomic E-state index is -4.16. The van der Waals surface area contributed by atoms with Crippen molar-refractivity contribution in [2.24, 2.45) is 0 Å². The number of carbonyl (C=O) groups excluding carboxylic acids is 2. The number of anilines is 1. The molecule has 0 spiro atoms. The maximum Gasteiger partial charge on any atom is 0.264 e. The number of nitrogens with one attached hydrogen (secondary N) is 1. The van der Waals surface area contributed by atoms with Gasteiger partial charge in [0.2, 0.25) is 11.8 Å². The molecular weight excluding hydrogens is 557 g/mol. The second-order valence-corrected chi connectivity index (χ2v) is 11.9. The summed E-state index contributed by atoms with van der Waals surface area (Å²) in [4.78, 5) is 28.6. The van der Waals surface area contributed by atoms with Gasteiger partial charge in [0.1, 0.15) is 12.6 Å². The van der Waals surface area contributed by atoms with Crippen molar-refractivity contribution in [3.63, 3.8) is 0 Å². The van der Waals surface area contributed by atoms with Gasteiger partial charge in [-0.25, -0.2) is 8.42 Å². The summed E-state index contributed by atoms with van der Waals surface area (Å²) in [6.07, 6.45) is 1.08. The molecule has 0 bridgehead atoms. The minimum absolute atomic E-state index is 0.0363. The molecule has 0 unspecified atom stereocenters. The predicted molar refractivity (Wildman–Crippen MR) is 157 cm³/mol. The van der Waals surface area contributed by atoms with Gasteiger partial charge in [0.05, 0.1) is 10.6 Å². The SMILES string of the molecule is CCCNC(=O)[C@H](CC)N(Cc1ccc(Cl)cc1)C(=O)CN(c1cc(Cl)ccc1C)S(=O)(=O)c1ccccc1. The van der Waals surface area contributed by atoms with Gasteiger partial charge in [0.15, 0.2) is 0 Å². The molecule has 0 aliphatic rings. The maximum absolute atomic E-state index is 14.0. The van der Waals surface area contributed by atoms with Crippen LogP contribution in [0.15, 0.2) is 77.7 Å². The molecule has 0 radical (unpaired) electrons. The highest BCUT2D eigenvalue weighted by molar-refractivity contribution is 7.92. The Kier molecular flexibility index (Phi) is 10.8. The zero-order valence-corrected chi connectivity index (χ0v) is 24.6. The summed E-state index contributed by atoms with van der Waals surface area (Å²) in [6, 6.07) is 19.0. The standard InChI is InChI=1S/C29H33Cl2N3O4S/c1-4-17-32-29(36)26(5-2)33(19-22-12-15-23(30)16-13-22)28(35)20-34(27-18-24(31)14-11-21(27)3)39(37,38)25-9-7-6-8-10-25/h6-16,18,26H,4-5,17,19-20H2,1-3H3,(H,32,36)/t26-/m0/s1. The second-order valence-electron chi connectivity index (χ2n) is 9.12. The van der Waals surface area contributed by atoms with Crippen LogP contribution in [0.2, 0.25) is 10.0 Å². The van der Waals surface area contributed by atoms with E-state index in [0.29, 0.717) is 28.6 Å². The Morgan fingerprint density at radius 2 is 1.56 bits per heavy atom. The fourth-order valence-electron chi connectivity index (χ4n) is 4.16. The minimum Gasteiger partial charge on any atom is -0.354 e. The first kappa shape index (κ1) is 30.5. The van der Waals surface area contributed by atoms with E-state index in [1.54, 1.807) is 61.5 Å². The number of hydrogen-bond acceptors (Lipinski definition) is 4. The van der Waals surface area contributed by atoms with Crippen LogP contribution in [-0.2, 0) is 26.2 Å². The van der Waals surface area contributed by atoms with E-state index in [2.05, 4.69) is 5.32 Å². The molecule has 3 aromatic rings. The smallest absolute Gasteiger partial charge is 0.264 e. The number of benzene rings is 3. The van der Waals surface area contributed by atoms with Crippen molar-refractivity contribution in [3.8, 4) is 0 Å². The van der Waals surface area contributed by atoms with E-state index in [1.165, 1.54) is 23.1 Å². The molecule has 0 saturated heterocycles. The molecule has 7 nitrogen and oxygen atoms in total. The van der Waals surface area contributed by atoms with Crippen molar-refractivity contribution in [1.82, 2.24) is 10.2 Å². The number of aryl methyl sites for hydroxylation is 1. The number of rotatable bonds is 12. The first-order valence-corrected chi connectivity index (χ1v) is 14.9. The quantitative estimate of drug-likeness (QED) is 0.288. The largest absolute Gasteiger partial charge is 0.354 e. The monoisotopic (exact) mass is 589 g/mol. The normalized spacial score (nSPS) is 12.0. The number of nitrogens with zero attached hydrogens (tertiary/aromatic N) is 2. The molecule has 3 rings (SSSR count). The van der Waals surface area contributed by atoms with Gasteiger partial charge in [-0.3, -0.25) is 13.9 Å². The summed E-state index contributed by atoms with van der Waals surface area (Å²) in [7, 11) is -4.16. The molecule has 208 valence electrons. The average molecular weight is 591 g/mol. The predicted octanol–water partition coefficient (Wildman–Crippen LogP) is 5.83. The number of carbonyl (C=O) groups is 2. The fourth-order valence-corrected chi connectivity index (χ4v) is 5.94. The highest BCUT2D eigenvalue weighted by Gasteiger charge is 2.34. The average Bonchev–Trinajstić information content (AvgIpc) is 2.93. The van der Waals surface area contributed by atoms with E-state index in [-0.39, 0.29) is 23.0 Å². The molecule has 0 aromatic heterocycles. The molecule has 0 aliphatic heterocycles. The van der Waals surface area contributed by atoms with E-state index in [4.69, 9.17) is 23.2 Å². The summed E-state index contributed by atoms with van der Waals surface area (Å²) in [5, 5.41) is 3.74. The Hall–Kier alpha value is -3.07. The van der Waals surface area contributed by atoms with Gasteiger partial charge < -0.3 is 10.2 Å². The van der Waals surface area contributed by atoms with Gasteiger partial charge in [0.25, 0.3) is 10.0 Å². The Morgan fingerprint density at radius 1 is 0.923 bits per heavy atom. The third kappa shape index (κ3) is 7.75. The Labute approximate surface area is 240 Å². The van der Waals surface area contributed by atoms with E-state index in [1.807, 2.05) is 13.8 Å². The Balaban J connectivity index is 2.07. The van der Waals surface area contributed by atoms with Crippen LogP contribution < -0.4 is 9.62 Å². The second kappa shape index (κ2) is 13.8. The van der Waals surface area contributed by atoms with Crippen LogP contribution in [0.1, 0.15) is 37.8 Å². The van der Waals surface area contributed by atoms with Crippen LogP contribution in [0.25, 0.3) is 0 Å². The molecular formula is C29H33Cl2N3O4S. The van der Waals surface area contributed by atoms with Gasteiger partial charge >= 0.3 is 0 Å². The lowest BCUT2D eigenvalue weighted by Crippen LogP contribution is -2.52. The molecule has 0 saturated carbocycles. The zero-order valence-electron chi connectivity index (χ0n) is 22.2. The molecule has 0 heterocycles. The van der Waals surface area contributed by atoms with Gasteiger partial charge in [-0.05, 0) is 67.3 Å². The Morgan fingerprint density at radius 3 is 2.18 bits per heavy atom. The molecule has 10 heteroatoms. The molecule has 0 fully saturated rings. The number of sulfonamides is 1. The highest BCUT2D eigenvalue weighted by atomic mass is 35.5. The maximum atomic E-state index is 14.0. The van der Waals surface area contributed by atoms with Crippen molar-refractivity contribution >= 4 is 50.7 Å². The van der Waals surface area contributed by atoms with Gasteiger partial charge in [-0.1, -0.05) is 73.4 Å². The first-order valence-electron chi connectivity index (χ1n) is 12.7. The van der Waals surface area contributed by atoms with Gasteiger partial charge in [0, 0.05) is 23.1 Å². The van der Waals surface area contributed by atoms with Crippen molar-refractivity contribution in [2.75, 3.05) is 17.4 Å². The molecule has 1 atom stereocenters. The van der Waals surface area contributed by atoms with Crippen LogP contribution in [0.5, 0.6) is 0 Å². The highest BCUT2D eigenvalue weighted by Crippen LogP contribution is 2.30. The van der Waals surface area contributed by atoms with Gasteiger partial charge in [-0.2, -0.15) is 0 Å². The summed E-state index contributed by atoms with van der Waals surface area (Å²) < 4.78 is 28.8. The lowest BCUT2D eigenvalue weighted by Gasteiger charge is -2.33. The molecule has 1 N–H and O–H groups in total. The van der Waals surface area contributed by atoms with Crippen LogP contribution in [0.3, 0.4) is 0 Å². The van der Waals surface area contributed by atoms with E-state index in [0.717, 1.165) is 16.3 Å². The van der Waals surface area contributed by atoms with Crippen molar-refractivity contribution < 1.29 is 18.0 Å². The fraction of sp³-hybridized carbons (Fsp3) is 0.310. The van der Waals surface area contributed by atoms with Crippen molar-refractivity contribution in [2.45, 2.75) is 51.1 Å². The van der Waals surface area contributed by atoms with Crippen LogP contribution in [0.4, 0.5) is 5.69 Å². The Bertz CT molecular complexity index is 1380. The summed E-state index contributed by atoms with van der Waals surface area (Å²) in [5.41, 5.74) is 1.67. The summed E-state index contributed by atoms with van der Waals surface area (Å²) in [6.45, 7) is 5.55. The molecule has 3 aromatic carbocycles. The van der Waals surface area contributed by atoms with Crippen molar-refractivity contribution in [3.05, 3.63) is 94.0 Å². The van der Waals surface area contributed by atoms with Crippen LogP contribution in [0, 0.1) is 6.92 Å². The topological polar surface area (TPSA) is 86.8 Å². The lowest BCUT2D eigenvalue weighted by molar-refractivity contribution is -0.140. The third-order valence-corrected chi connectivity index (χ3v) is 8.51. The molecule has 0 aliphatic carbocycles. The van der Waals surface area contributed by atoms with E-state index in [9.17, 15) is 18.0 Å². The third-order valence-electron chi connectivity index (χ3n) is 6.25. The number of hydrogen-bond donors (Lipinski definition) is 1. The summed E-state index contributed by atoms with van der Waals surface area (Å²) >= 11 is 12.3. The van der Waals surface area contributed by atoms with Crippen LogP contribution in [-0.4, -0.2) is 44.3 Å². The molecule has 39 heavy (non-hydrogen) atoms. The van der Waals surface area contributed by atoms with E-state index >= 15 is 0 Å². The van der Waals surface area contributed by atoms with E-state index < -0.39 is 28.5 Å².